The van der Waals surface area contributed by atoms with Gasteiger partial charge in [-0.15, -0.1) is 11.6 Å². The first kappa shape index (κ1) is 6.87. The van der Waals surface area contributed by atoms with Gasteiger partial charge in [0.1, 0.15) is 0 Å². The van der Waals surface area contributed by atoms with Crippen molar-refractivity contribution in [3.63, 3.8) is 0 Å². The number of alkyl halides is 1. The molecule has 1 aliphatic carbocycles. The zero-order chi connectivity index (χ0) is 7.07. The monoisotopic (exact) mass is 147 g/mol. The Kier molecular flexibility index (Phi) is 1.43. The summed E-state index contributed by atoms with van der Waals surface area (Å²) in [6, 6.07) is 0. The van der Waals surface area contributed by atoms with Gasteiger partial charge >= 0.3 is 0 Å². The summed E-state index contributed by atoms with van der Waals surface area (Å²) in [5.41, 5.74) is 0.838. The number of halogens is 1. The summed E-state index contributed by atoms with van der Waals surface area (Å²) in [6.07, 6.45) is 0.817. The van der Waals surface area contributed by atoms with Crippen LogP contribution < -0.4 is 0 Å². The van der Waals surface area contributed by atoms with E-state index in [9.17, 15) is 0 Å². The molecular formula is C6H10ClNO. The van der Waals surface area contributed by atoms with Crippen LogP contribution in [-0.2, 0) is 0 Å². The number of oxime groups is 1. The summed E-state index contributed by atoms with van der Waals surface area (Å²) >= 11 is 5.82. The van der Waals surface area contributed by atoms with Crippen LogP contribution in [0.5, 0.6) is 0 Å². The second kappa shape index (κ2) is 1.87. The summed E-state index contributed by atoms with van der Waals surface area (Å²) in [5, 5.41) is 11.3. The van der Waals surface area contributed by atoms with E-state index in [2.05, 4.69) is 19.0 Å². The van der Waals surface area contributed by atoms with E-state index >= 15 is 0 Å². The molecule has 0 spiro atoms. The molecule has 1 rings (SSSR count). The smallest absolute Gasteiger partial charge is 0.0806 e. The maximum Gasteiger partial charge on any atom is 0.0806 e. The second-order valence-corrected chi connectivity index (χ2v) is 3.56. The Labute approximate surface area is 59.5 Å². The second-order valence-electron chi connectivity index (χ2n) is 3.12. The molecular weight excluding hydrogens is 138 g/mol. The van der Waals surface area contributed by atoms with Gasteiger partial charge in [0.05, 0.1) is 11.1 Å². The highest BCUT2D eigenvalue weighted by molar-refractivity contribution is 6.35. The Bertz CT molecular complexity index is 153. The molecule has 0 bridgehead atoms. The van der Waals surface area contributed by atoms with Gasteiger partial charge in [-0.05, 0) is 11.8 Å². The fourth-order valence-electron chi connectivity index (χ4n) is 1.05. The Hall–Kier alpha value is -0.240. The van der Waals surface area contributed by atoms with Crippen molar-refractivity contribution < 1.29 is 5.21 Å². The molecule has 1 aliphatic rings. The van der Waals surface area contributed by atoms with Gasteiger partial charge in [0.15, 0.2) is 0 Å². The molecule has 0 radical (unpaired) electrons. The maximum absolute atomic E-state index is 8.29. The third kappa shape index (κ3) is 0.917. The SMILES string of the molecule is CC1(C)CC(=NO)C1Cl. The number of hydrogen-bond donors (Lipinski definition) is 1. The van der Waals surface area contributed by atoms with Gasteiger partial charge in [-0.3, -0.25) is 0 Å². The lowest BCUT2D eigenvalue weighted by Crippen LogP contribution is -2.45. The van der Waals surface area contributed by atoms with E-state index in [1.54, 1.807) is 0 Å². The molecule has 0 aromatic carbocycles. The van der Waals surface area contributed by atoms with Crippen LogP contribution in [0.4, 0.5) is 0 Å². The summed E-state index contributed by atoms with van der Waals surface area (Å²) in [6.45, 7) is 4.11. The van der Waals surface area contributed by atoms with E-state index in [1.165, 1.54) is 0 Å². The molecule has 0 aromatic heterocycles. The first-order valence-corrected chi connectivity index (χ1v) is 3.36. The Morgan fingerprint density at radius 3 is 2.44 bits per heavy atom. The lowest BCUT2D eigenvalue weighted by Gasteiger charge is -2.40. The first-order chi connectivity index (χ1) is 4.08. The minimum absolute atomic E-state index is 0.0671. The van der Waals surface area contributed by atoms with E-state index in [1.807, 2.05) is 0 Å². The van der Waals surface area contributed by atoms with Crippen molar-refractivity contribution in [2.24, 2.45) is 10.6 Å². The van der Waals surface area contributed by atoms with Gasteiger partial charge in [-0.1, -0.05) is 19.0 Å². The topological polar surface area (TPSA) is 32.6 Å². The molecule has 1 unspecified atom stereocenters. The molecule has 0 aliphatic heterocycles. The Morgan fingerprint density at radius 2 is 2.33 bits per heavy atom. The molecule has 52 valence electrons. The normalized spacial score (nSPS) is 36.3. The Morgan fingerprint density at radius 1 is 1.78 bits per heavy atom. The van der Waals surface area contributed by atoms with Crippen molar-refractivity contribution in [1.82, 2.24) is 0 Å². The maximum atomic E-state index is 8.29. The van der Waals surface area contributed by atoms with Crippen LogP contribution in [0.25, 0.3) is 0 Å². The molecule has 3 heteroatoms. The average molecular weight is 148 g/mol. The van der Waals surface area contributed by atoms with Crippen LogP contribution in [-0.4, -0.2) is 16.3 Å². The van der Waals surface area contributed by atoms with Crippen molar-refractivity contribution in [3.8, 4) is 0 Å². The molecule has 1 N–H and O–H groups in total. The fourth-order valence-corrected chi connectivity index (χ4v) is 1.25. The molecule has 1 atom stereocenters. The molecule has 1 saturated carbocycles. The minimum Gasteiger partial charge on any atom is -0.411 e. The molecule has 2 nitrogen and oxygen atoms in total. The highest BCUT2D eigenvalue weighted by Gasteiger charge is 2.43. The first-order valence-electron chi connectivity index (χ1n) is 2.93. The summed E-state index contributed by atoms with van der Waals surface area (Å²) in [5.74, 6) is 0. The highest BCUT2D eigenvalue weighted by Crippen LogP contribution is 2.41. The third-order valence-electron chi connectivity index (χ3n) is 1.74. The quantitative estimate of drug-likeness (QED) is 0.317. The van der Waals surface area contributed by atoms with Crippen molar-refractivity contribution in [1.29, 1.82) is 0 Å². The van der Waals surface area contributed by atoms with Crippen molar-refractivity contribution in [2.45, 2.75) is 25.6 Å². The third-order valence-corrected chi connectivity index (χ3v) is 2.59. The summed E-state index contributed by atoms with van der Waals surface area (Å²) < 4.78 is 0. The van der Waals surface area contributed by atoms with Crippen LogP contribution in [0.15, 0.2) is 5.16 Å². The van der Waals surface area contributed by atoms with Crippen molar-refractivity contribution in [3.05, 3.63) is 0 Å². The van der Waals surface area contributed by atoms with Crippen molar-refractivity contribution in [2.75, 3.05) is 0 Å². The van der Waals surface area contributed by atoms with Crippen LogP contribution in [0.3, 0.4) is 0 Å². The van der Waals surface area contributed by atoms with Crippen LogP contribution in [0.2, 0.25) is 0 Å². The predicted octanol–water partition coefficient (Wildman–Crippen LogP) is 1.85. The lowest BCUT2D eigenvalue weighted by molar-refractivity contribution is 0.282. The van der Waals surface area contributed by atoms with Crippen LogP contribution >= 0.6 is 11.6 Å². The largest absolute Gasteiger partial charge is 0.411 e. The summed E-state index contributed by atoms with van der Waals surface area (Å²) in [4.78, 5) is 0. The van der Waals surface area contributed by atoms with Crippen LogP contribution in [0.1, 0.15) is 20.3 Å². The number of rotatable bonds is 0. The molecule has 0 heterocycles. The van der Waals surface area contributed by atoms with Crippen molar-refractivity contribution >= 4 is 17.3 Å². The highest BCUT2D eigenvalue weighted by atomic mass is 35.5. The van der Waals surface area contributed by atoms with Crippen LogP contribution in [0, 0.1) is 5.41 Å². The van der Waals surface area contributed by atoms with Gasteiger partial charge in [0, 0.05) is 0 Å². The molecule has 0 aromatic rings. The van der Waals surface area contributed by atoms with E-state index in [0.717, 1.165) is 6.42 Å². The van der Waals surface area contributed by atoms with E-state index in [0.29, 0.717) is 5.71 Å². The predicted molar refractivity (Wildman–Crippen MR) is 37.3 cm³/mol. The van der Waals surface area contributed by atoms with E-state index in [-0.39, 0.29) is 10.8 Å². The minimum atomic E-state index is -0.0671. The average Bonchev–Trinajstić information content (AvgIpc) is 1.82. The molecule has 0 amide bonds. The Balaban J connectivity index is 2.62. The number of nitrogens with zero attached hydrogens (tertiary/aromatic N) is 1. The van der Waals surface area contributed by atoms with Gasteiger partial charge in [-0.2, -0.15) is 0 Å². The molecule has 9 heavy (non-hydrogen) atoms. The molecule has 1 fully saturated rings. The summed E-state index contributed by atoms with van der Waals surface area (Å²) in [7, 11) is 0. The lowest BCUT2D eigenvalue weighted by atomic mass is 9.70. The number of hydrogen-bond acceptors (Lipinski definition) is 2. The zero-order valence-electron chi connectivity index (χ0n) is 5.56. The van der Waals surface area contributed by atoms with Gasteiger partial charge < -0.3 is 5.21 Å². The van der Waals surface area contributed by atoms with E-state index in [4.69, 9.17) is 16.8 Å². The molecule has 0 saturated heterocycles. The zero-order valence-corrected chi connectivity index (χ0v) is 6.31. The van der Waals surface area contributed by atoms with E-state index < -0.39 is 0 Å². The van der Waals surface area contributed by atoms with Gasteiger partial charge in [0.25, 0.3) is 0 Å². The fraction of sp³-hybridized carbons (Fsp3) is 0.833. The standard InChI is InChI=1S/C6H10ClNO/c1-6(2)3-4(8-9)5(6)7/h5,9H,3H2,1-2H3. The van der Waals surface area contributed by atoms with Gasteiger partial charge in [0.2, 0.25) is 0 Å². The van der Waals surface area contributed by atoms with Gasteiger partial charge in [-0.25, -0.2) is 0 Å².